The van der Waals surface area contributed by atoms with Gasteiger partial charge in [0.1, 0.15) is 0 Å². The first-order valence-corrected chi connectivity index (χ1v) is 5.90. The van der Waals surface area contributed by atoms with Gasteiger partial charge < -0.3 is 14.9 Å². The quantitative estimate of drug-likeness (QED) is 0.651. The maximum atomic E-state index is 10.3. The SMILES string of the molecule is COC1C(O)C2C=CC(O)C2=C(C)C12CC2. The maximum absolute atomic E-state index is 10.3. The fourth-order valence-electron chi connectivity index (χ4n) is 3.57. The van der Waals surface area contributed by atoms with Crippen LogP contribution >= 0.6 is 0 Å². The highest BCUT2D eigenvalue weighted by atomic mass is 16.5. The van der Waals surface area contributed by atoms with Gasteiger partial charge in [0.2, 0.25) is 0 Å². The molecule has 3 aliphatic carbocycles. The standard InChI is InChI=1S/C13H18O3/c1-7-10-8(3-4-9(10)14)11(15)12(16-2)13(7)5-6-13/h3-4,8-9,11-12,14-15H,5-6H2,1-2H3. The molecule has 3 heteroatoms. The van der Waals surface area contributed by atoms with Crippen molar-refractivity contribution in [2.24, 2.45) is 11.3 Å². The average Bonchev–Trinajstić information content (AvgIpc) is 2.95. The second-order valence-electron chi connectivity index (χ2n) is 5.24. The number of rotatable bonds is 1. The predicted molar refractivity (Wildman–Crippen MR) is 59.8 cm³/mol. The summed E-state index contributed by atoms with van der Waals surface area (Å²) in [6.07, 6.45) is 4.69. The van der Waals surface area contributed by atoms with E-state index in [1.165, 1.54) is 5.57 Å². The molecule has 3 aliphatic rings. The Morgan fingerprint density at radius 2 is 2.00 bits per heavy atom. The summed E-state index contributed by atoms with van der Waals surface area (Å²) in [5.74, 6) is -0.0498. The van der Waals surface area contributed by atoms with Crippen LogP contribution in [0.5, 0.6) is 0 Å². The highest BCUT2D eigenvalue weighted by Gasteiger charge is 2.59. The first kappa shape index (κ1) is 10.5. The lowest BCUT2D eigenvalue weighted by Crippen LogP contribution is -2.46. The topological polar surface area (TPSA) is 49.7 Å². The predicted octanol–water partition coefficient (Wildman–Crippen LogP) is 1.02. The zero-order chi connectivity index (χ0) is 11.5. The Kier molecular flexibility index (Phi) is 2.09. The molecule has 2 N–H and O–H groups in total. The number of hydrogen-bond donors (Lipinski definition) is 2. The normalized spacial score (nSPS) is 44.0. The highest BCUT2D eigenvalue weighted by molar-refractivity contribution is 5.44. The van der Waals surface area contributed by atoms with Gasteiger partial charge in [0.15, 0.2) is 0 Å². The Balaban J connectivity index is 2.10. The monoisotopic (exact) mass is 222 g/mol. The zero-order valence-electron chi connectivity index (χ0n) is 9.68. The van der Waals surface area contributed by atoms with Crippen molar-refractivity contribution in [2.45, 2.75) is 38.1 Å². The summed E-state index contributed by atoms with van der Waals surface area (Å²) in [6.45, 7) is 2.09. The van der Waals surface area contributed by atoms with E-state index in [1.807, 2.05) is 6.08 Å². The summed E-state index contributed by atoms with van der Waals surface area (Å²) in [4.78, 5) is 0. The fraction of sp³-hybridized carbons (Fsp3) is 0.692. The lowest BCUT2D eigenvalue weighted by molar-refractivity contribution is -0.0668. The van der Waals surface area contributed by atoms with Crippen molar-refractivity contribution in [1.82, 2.24) is 0 Å². The van der Waals surface area contributed by atoms with Crippen LogP contribution in [-0.2, 0) is 4.74 Å². The van der Waals surface area contributed by atoms with E-state index in [0.717, 1.165) is 18.4 Å². The van der Waals surface area contributed by atoms with E-state index in [9.17, 15) is 10.2 Å². The lowest BCUT2D eigenvalue weighted by atomic mass is 9.72. The van der Waals surface area contributed by atoms with Crippen molar-refractivity contribution in [3.63, 3.8) is 0 Å². The van der Waals surface area contributed by atoms with Crippen molar-refractivity contribution in [3.05, 3.63) is 23.3 Å². The first-order chi connectivity index (χ1) is 7.62. The number of ether oxygens (including phenoxy) is 1. The van der Waals surface area contributed by atoms with Crippen LogP contribution < -0.4 is 0 Å². The molecule has 0 radical (unpaired) electrons. The van der Waals surface area contributed by atoms with E-state index in [1.54, 1.807) is 13.2 Å². The van der Waals surface area contributed by atoms with E-state index < -0.39 is 12.2 Å². The van der Waals surface area contributed by atoms with Gasteiger partial charge in [-0.05, 0) is 25.3 Å². The number of aliphatic hydroxyl groups is 2. The number of methoxy groups -OCH3 is 1. The van der Waals surface area contributed by atoms with Crippen molar-refractivity contribution in [3.8, 4) is 0 Å². The summed E-state index contributed by atoms with van der Waals surface area (Å²) in [7, 11) is 1.67. The largest absolute Gasteiger partial charge is 0.389 e. The summed E-state index contributed by atoms with van der Waals surface area (Å²) >= 11 is 0. The Morgan fingerprint density at radius 1 is 1.31 bits per heavy atom. The molecule has 3 nitrogen and oxygen atoms in total. The van der Waals surface area contributed by atoms with Crippen LogP contribution in [0.3, 0.4) is 0 Å². The molecule has 0 aromatic heterocycles. The van der Waals surface area contributed by atoms with Crippen molar-refractivity contribution in [1.29, 1.82) is 0 Å². The van der Waals surface area contributed by atoms with Crippen LogP contribution in [0.1, 0.15) is 19.8 Å². The molecule has 0 aliphatic heterocycles. The minimum atomic E-state index is -0.514. The third-order valence-corrected chi connectivity index (χ3v) is 4.62. The Bertz CT molecular complexity index is 379. The van der Waals surface area contributed by atoms with Gasteiger partial charge >= 0.3 is 0 Å². The summed E-state index contributed by atoms with van der Waals surface area (Å²) < 4.78 is 5.50. The molecule has 0 aromatic carbocycles. The van der Waals surface area contributed by atoms with Gasteiger partial charge in [-0.1, -0.05) is 17.7 Å². The minimum absolute atomic E-state index is 0.00694. The molecule has 1 fully saturated rings. The molecule has 4 atom stereocenters. The van der Waals surface area contributed by atoms with Gasteiger partial charge in [-0.2, -0.15) is 0 Å². The number of hydrogen-bond acceptors (Lipinski definition) is 3. The van der Waals surface area contributed by atoms with Gasteiger partial charge in [0, 0.05) is 18.4 Å². The number of fused-ring (bicyclic) bond motifs is 1. The first-order valence-electron chi connectivity index (χ1n) is 5.90. The Labute approximate surface area is 95.4 Å². The van der Waals surface area contributed by atoms with Crippen LogP contribution in [-0.4, -0.2) is 35.6 Å². The summed E-state index contributed by atoms with van der Waals surface area (Å²) in [6, 6.07) is 0. The smallest absolute Gasteiger partial charge is 0.0941 e. The molecule has 4 unspecified atom stereocenters. The second-order valence-corrected chi connectivity index (χ2v) is 5.24. The molecule has 0 heterocycles. The molecule has 0 saturated heterocycles. The molecule has 0 aromatic rings. The van der Waals surface area contributed by atoms with E-state index in [2.05, 4.69) is 6.92 Å². The Hall–Kier alpha value is -0.640. The van der Waals surface area contributed by atoms with Gasteiger partial charge in [-0.25, -0.2) is 0 Å². The molecule has 88 valence electrons. The molecule has 0 bridgehead atoms. The van der Waals surface area contributed by atoms with E-state index in [-0.39, 0.29) is 17.4 Å². The van der Waals surface area contributed by atoms with Crippen molar-refractivity contribution >= 4 is 0 Å². The molecule has 0 amide bonds. The number of aliphatic hydroxyl groups excluding tert-OH is 2. The second kappa shape index (κ2) is 3.19. The van der Waals surface area contributed by atoms with Crippen molar-refractivity contribution in [2.75, 3.05) is 7.11 Å². The zero-order valence-corrected chi connectivity index (χ0v) is 9.68. The van der Waals surface area contributed by atoms with Crippen molar-refractivity contribution < 1.29 is 14.9 Å². The van der Waals surface area contributed by atoms with Crippen LogP contribution in [0.15, 0.2) is 23.3 Å². The maximum Gasteiger partial charge on any atom is 0.0941 e. The molecule has 1 spiro atoms. The Morgan fingerprint density at radius 3 is 2.56 bits per heavy atom. The van der Waals surface area contributed by atoms with Crippen LogP contribution in [0.4, 0.5) is 0 Å². The highest BCUT2D eigenvalue weighted by Crippen LogP contribution is 2.61. The van der Waals surface area contributed by atoms with E-state index >= 15 is 0 Å². The summed E-state index contributed by atoms with van der Waals surface area (Å²) in [5.41, 5.74) is 2.26. The van der Waals surface area contributed by atoms with E-state index in [4.69, 9.17) is 4.74 Å². The molecule has 16 heavy (non-hydrogen) atoms. The van der Waals surface area contributed by atoms with Gasteiger partial charge in [-0.15, -0.1) is 0 Å². The molecular weight excluding hydrogens is 204 g/mol. The van der Waals surface area contributed by atoms with Gasteiger partial charge in [-0.3, -0.25) is 0 Å². The average molecular weight is 222 g/mol. The summed E-state index contributed by atoms with van der Waals surface area (Å²) in [5, 5.41) is 20.3. The molecule has 1 saturated carbocycles. The van der Waals surface area contributed by atoms with Gasteiger partial charge in [0.05, 0.1) is 18.3 Å². The third kappa shape index (κ3) is 1.09. The van der Waals surface area contributed by atoms with Crippen LogP contribution in [0, 0.1) is 11.3 Å². The van der Waals surface area contributed by atoms with Gasteiger partial charge in [0.25, 0.3) is 0 Å². The third-order valence-electron chi connectivity index (χ3n) is 4.62. The fourth-order valence-corrected chi connectivity index (χ4v) is 3.57. The van der Waals surface area contributed by atoms with Crippen LogP contribution in [0.25, 0.3) is 0 Å². The van der Waals surface area contributed by atoms with E-state index in [0.29, 0.717) is 0 Å². The molecule has 3 rings (SSSR count). The van der Waals surface area contributed by atoms with Crippen LogP contribution in [0.2, 0.25) is 0 Å². The minimum Gasteiger partial charge on any atom is -0.389 e. The molecular formula is C13H18O3. The lowest BCUT2D eigenvalue weighted by Gasteiger charge is -2.40.